The molecule has 0 unspecified atom stereocenters. The second-order valence-electron chi connectivity index (χ2n) is 8.38. The maximum absolute atomic E-state index is 13.2. The molecule has 7 heteroatoms. The molecule has 4 rings (SSSR count). The number of para-hydroxylation sites is 1. The second-order valence-corrected chi connectivity index (χ2v) is 8.38. The number of carbonyl (C=O) groups is 3. The number of piperidine rings is 1. The van der Waals surface area contributed by atoms with E-state index in [0.717, 1.165) is 25.9 Å². The Labute approximate surface area is 189 Å². The van der Waals surface area contributed by atoms with Gasteiger partial charge in [0.2, 0.25) is 5.91 Å². The molecule has 2 heterocycles. The first-order valence-electron chi connectivity index (χ1n) is 11.4. The van der Waals surface area contributed by atoms with Crippen molar-refractivity contribution in [3.05, 3.63) is 65.7 Å². The molecule has 0 atom stereocenters. The number of nitrogens with zero attached hydrogens (tertiary/aromatic N) is 3. The van der Waals surface area contributed by atoms with Gasteiger partial charge in [0.1, 0.15) is 0 Å². The van der Waals surface area contributed by atoms with Gasteiger partial charge in [-0.1, -0.05) is 30.3 Å². The Hall–Kier alpha value is -3.19. The zero-order chi connectivity index (χ0) is 22.3. The van der Waals surface area contributed by atoms with Crippen LogP contribution in [0, 0.1) is 0 Å². The molecule has 0 aliphatic carbocycles. The van der Waals surface area contributed by atoms with E-state index in [2.05, 4.69) is 10.2 Å². The highest BCUT2D eigenvalue weighted by molar-refractivity contribution is 6.09. The van der Waals surface area contributed by atoms with E-state index >= 15 is 0 Å². The lowest BCUT2D eigenvalue weighted by molar-refractivity contribution is -0.133. The van der Waals surface area contributed by atoms with Crippen LogP contribution in [0.5, 0.6) is 0 Å². The lowest BCUT2D eigenvalue weighted by Gasteiger charge is -2.36. The van der Waals surface area contributed by atoms with Crippen molar-refractivity contribution in [3.63, 3.8) is 0 Å². The SMILES string of the molecule is O=C(Nc1ccccc1C(=O)N1CCN(CC(=O)N2CCCCC2)CC1)c1ccccc1. The summed E-state index contributed by atoms with van der Waals surface area (Å²) in [7, 11) is 0. The van der Waals surface area contributed by atoms with E-state index in [1.807, 2.05) is 29.2 Å². The molecule has 7 nitrogen and oxygen atoms in total. The fraction of sp³-hybridized carbons (Fsp3) is 0.400. The third-order valence-electron chi connectivity index (χ3n) is 6.17. The summed E-state index contributed by atoms with van der Waals surface area (Å²) in [6, 6.07) is 16.1. The largest absolute Gasteiger partial charge is 0.342 e. The van der Waals surface area contributed by atoms with Gasteiger partial charge in [-0.25, -0.2) is 0 Å². The quantitative estimate of drug-likeness (QED) is 0.785. The Bertz CT molecular complexity index is 949. The van der Waals surface area contributed by atoms with E-state index in [1.165, 1.54) is 6.42 Å². The van der Waals surface area contributed by atoms with Gasteiger partial charge in [-0.15, -0.1) is 0 Å². The molecule has 2 aliphatic heterocycles. The fourth-order valence-electron chi connectivity index (χ4n) is 4.28. The highest BCUT2D eigenvalue weighted by atomic mass is 16.2. The zero-order valence-corrected chi connectivity index (χ0v) is 18.3. The summed E-state index contributed by atoms with van der Waals surface area (Å²) in [5.74, 6) is -0.152. The third kappa shape index (κ3) is 5.34. The average molecular weight is 435 g/mol. The monoisotopic (exact) mass is 434 g/mol. The molecule has 0 spiro atoms. The molecule has 2 aromatic rings. The van der Waals surface area contributed by atoms with Gasteiger partial charge >= 0.3 is 0 Å². The summed E-state index contributed by atoms with van der Waals surface area (Å²) in [5.41, 5.74) is 1.53. The number of piperazine rings is 1. The molecule has 2 aliphatic rings. The van der Waals surface area contributed by atoms with Crippen LogP contribution in [0.2, 0.25) is 0 Å². The maximum atomic E-state index is 13.2. The Morgan fingerprint density at radius 2 is 1.38 bits per heavy atom. The van der Waals surface area contributed by atoms with E-state index in [1.54, 1.807) is 35.2 Å². The van der Waals surface area contributed by atoms with Gasteiger partial charge in [0.05, 0.1) is 17.8 Å². The van der Waals surface area contributed by atoms with Crippen LogP contribution in [0.1, 0.15) is 40.0 Å². The number of hydrogen-bond acceptors (Lipinski definition) is 4. The number of likely N-dealkylation sites (tertiary alicyclic amines) is 1. The van der Waals surface area contributed by atoms with Crippen LogP contribution in [0.25, 0.3) is 0 Å². The van der Waals surface area contributed by atoms with Gasteiger partial charge < -0.3 is 15.1 Å². The molecular weight excluding hydrogens is 404 g/mol. The van der Waals surface area contributed by atoms with Crippen LogP contribution in [0.15, 0.2) is 54.6 Å². The number of rotatable bonds is 5. The Morgan fingerprint density at radius 3 is 2.09 bits per heavy atom. The molecule has 2 saturated heterocycles. The van der Waals surface area contributed by atoms with Crippen LogP contribution < -0.4 is 5.32 Å². The summed E-state index contributed by atoms with van der Waals surface area (Å²) in [5, 5.41) is 2.87. The maximum Gasteiger partial charge on any atom is 0.256 e. The van der Waals surface area contributed by atoms with Crippen LogP contribution in [-0.2, 0) is 4.79 Å². The standard InChI is InChI=1S/C25H30N4O3/c30-23(28-13-7-2-8-14-28)19-27-15-17-29(18-16-27)25(32)21-11-5-6-12-22(21)26-24(31)20-9-3-1-4-10-20/h1,3-6,9-12H,2,7-8,13-19H2,(H,26,31). The molecule has 0 aromatic heterocycles. The first-order valence-corrected chi connectivity index (χ1v) is 11.4. The van der Waals surface area contributed by atoms with Gasteiger partial charge in [-0.05, 0) is 43.5 Å². The predicted octanol–water partition coefficient (Wildman–Crippen LogP) is 2.71. The van der Waals surface area contributed by atoms with Gasteiger partial charge in [0.15, 0.2) is 0 Å². The fourth-order valence-corrected chi connectivity index (χ4v) is 4.28. The predicted molar refractivity (Wildman–Crippen MR) is 124 cm³/mol. The van der Waals surface area contributed by atoms with Crippen LogP contribution in [0.3, 0.4) is 0 Å². The molecule has 32 heavy (non-hydrogen) atoms. The van der Waals surface area contributed by atoms with Gasteiger partial charge in [0.25, 0.3) is 11.8 Å². The van der Waals surface area contributed by atoms with Crippen LogP contribution >= 0.6 is 0 Å². The van der Waals surface area contributed by atoms with Crippen molar-refractivity contribution >= 4 is 23.4 Å². The first-order chi connectivity index (χ1) is 15.6. The zero-order valence-electron chi connectivity index (χ0n) is 18.3. The van der Waals surface area contributed by atoms with Crippen molar-refractivity contribution < 1.29 is 14.4 Å². The number of carbonyl (C=O) groups excluding carboxylic acids is 3. The lowest BCUT2D eigenvalue weighted by Crippen LogP contribution is -2.52. The molecule has 3 amide bonds. The summed E-state index contributed by atoms with van der Waals surface area (Å²) < 4.78 is 0. The third-order valence-corrected chi connectivity index (χ3v) is 6.17. The van der Waals surface area contributed by atoms with Crippen LogP contribution in [0.4, 0.5) is 5.69 Å². The minimum absolute atomic E-state index is 0.101. The second kappa shape index (κ2) is 10.4. The smallest absolute Gasteiger partial charge is 0.256 e. The molecular formula is C25H30N4O3. The molecule has 2 fully saturated rings. The summed E-state index contributed by atoms with van der Waals surface area (Å²) in [6.07, 6.45) is 3.39. The van der Waals surface area contributed by atoms with Crippen molar-refractivity contribution in [3.8, 4) is 0 Å². The van der Waals surface area contributed by atoms with E-state index in [4.69, 9.17) is 0 Å². The van der Waals surface area contributed by atoms with Crippen molar-refractivity contribution in [1.82, 2.24) is 14.7 Å². The average Bonchev–Trinajstić information content (AvgIpc) is 2.85. The summed E-state index contributed by atoms with van der Waals surface area (Å²) in [6.45, 7) is 4.62. The Morgan fingerprint density at radius 1 is 0.719 bits per heavy atom. The summed E-state index contributed by atoms with van der Waals surface area (Å²) in [4.78, 5) is 44.2. The minimum atomic E-state index is -0.244. The topological polar surface area (TPSA) is 73.0 Å². The molecule has 2 aromatic carbocycles. The molecule has 1 N–H and O–H groups in total. The number of amides is 3. The van der Waals surface area contributed by atoms with E-state index in [0.29, 0.717) is 49.5 Å². The number of nitrogens with one attached hydrogen (secondary N) is 1. The molecule has 0 saturated carbocycles. The Kier molecular flexibility index (Phi) is 7.17. The normalized spacial score (nSPS) is 17.1. The molecule has 0 radical (unpaired) electrons. The number of benzene rings is 2. The van der Waals surface area contributed by atoms with Crippen molar-refractivity contribution in [2.75, 3.05) is 51.1 Å². The minimum Gasteiger partial charge on any atom is -0.342 e. The van der Waals surface area contributed by atoms with Gasteiger partial charge in [0, 0.05) is 44.8 Å². The van der Waals surface area contributed by atoms with Crippen LogP contribution in [-0.4, -0.2) is 78.2 Å². The van der Waals surface area contributed by atoms with Crippen molar-refractivity contribution in [2.45, 2.75) is 19.3 Å². The molecule has 168 valence electrons. The highest BCUT2D eigenvalue weighted by Crippen LogP contribution is 2.20. The first kappa shape index (κ1) is 22.0. The van der Waals surface area contributed by atoms with Crippen molar-refractivity contribution in [2.24, 2.45) is 0 Å². The van der Waals surface area contributed by atoms with Crippen molar-refractivity contribution in [1.29, 1.82) is 0 Å². The Balaban J connectivity index is 1.34. The van der Waals surface area contributed by atoms with E-state index < -0.39 is 0 Å². The van der Waals surface area contributed by atoms with Gasteiger partial charge in [-0.3, -0.25) is 19.3 Å². The van der Waals surface area contributed by atoms with E-state index in [9.17, 15) is 14.4 Å². The molecule has 0 bridgehead atoms. The highest BCUT2D eigenvalue weighted by Gasteiger charge is 2.26. The number of anilines is 1. The number of hydrogen-bond donors (Lipinski definition) is 1. The summed E-state index contributed by atoms with van der Waals surface area (Å²) >= 11 is 0. The lowest BCUT2D eigenvalue weighted by atomic mass is 10.1. The van der Waals surface area contributed by atoms with Gasteiger partial charge in [-0.2, -0.15) is 0 Å². The van der Waals surface area contributed by atoms with E-state index in [-0.39, 0.29) is 17.7 Å².